The molecule has 0 atom stereocenters. The van der Waals surface area contributed by atoms with Crippen molar-refractivity contribution in [2.45, 2.75) is 0 Å². The minimum Gasteiger partial charge on any atom is -0.368 e. The van der Waals surface area contributed by atoms with E-state index in [1.165, 1.54) is 0 Å². The Morgan fingerprint density at radius 3 is 2.69 bits per heavy atom. The van der Waals surface area contributed by atoms with Crippen molar-refractivity contribution < 1.29 is 14.6 Å². The summed E-state index contributed by atoms with van der Waals surface area (Å²) in [6.07, 6.45) is 0.951. The highest BCUT2D eigenvalue weighted by Crippen LogP contribution is 2.08. The maximum Gasteiger partial charge on any atom is 0.375 e. The van der Waals surface area contributed by atoms with Crippen LogP contribution < -0.4 is 5.90 Å². The second-order valence-corrected chi connectivity index (χ2v) is 2.06. The van der Waals surface area contributed by atoms with Gasteiger partial charge in [0.2, 0.25) is 0 Å². The van der Waals surface area contributed by atoms with Crippen LogP contribution in [0.15, 0.2) is 18.3 Å². The first-order valence-corrected chi connectivity index (χ1v) is 3.16. The Hall–Kier alpha value is -2.02. The van der Waals surface area contributed by atoms with Gasteiger partial charge in [-0.1, -0.05) is 0 Å². The number of nitrogens with zero attached hydrogens (tertiary/aromatic N) is 2. The molecule has 0 aliphatic rings. The van der Waals surface area contributed by atoms with E-state index in [-0.39, 0.29) is 11.4 Å². The van der Waals surface area contributed by atoms with E-state index in [4.69, 9.17) is 0 Å². The van der Waals surface area contributed by atoms with Gasteiger partial charge in [-0.3, -0.25) is 10.1 Å². The van der Waals surface area contributed by atoms with Gasteiger partial charge in [0.1, 0.15) is 6.20 Å². The molecular weight excluding hydrogens is 178 g/mol. The molecule has 0 amide bonds. The first kappa shape index (κ1) is 9.07. The second-order valence-electron chi connectivity index (χ2n) is 2.06. The minimum absolute atomic E-state index is 0.0758. The first-order chi connectivity index (χ1) is 6.15. The fourth-order valence-corrected chi connectivity index (χ4v) is 0.675. The number of carbonyl (C=O) groups is 1. The van der Waals surface area contributed by atoms with E-state index in [0.717, 1.165) is 18.3 Å². The normalized spacial score (nSPS) is 9.31. The standard InChI is InChI=1S/C6H5N3O4/c7-13-6(10)5-2-1-4(3-8-5)9(11)12/h1-3H,7H2. The van der Waals surface area contributed by atoms with Crippen LogP contribution in [0.5, 0.6) is 0 Å². The first-order valence-electron chi connectivity index (χ1n) is 3.16. The van der Waals surface area contributed by atoms with Gasteiger partial charge in [0.25, 0.3) is 5.69 Å². The van der Waals surface area contributed by atoms with Gasteiger partial charge in [-0.05, 0) is 6.07 Å². The molecule has 0 fully saturated rings. The Morgan fingerprint density at radius 2 is 2.31 bits per heavy atom. The Labute approximate surface area is 72.2 Å². The maximum absolute atomic E-state index is 10.7. The van der Waals surface area contributed by atoms with Crippen LogP contribution >= 0.6 is 0 Å². The lowest BCUT2D eigenvalue weighted by atomic mass is 10.3. The van der Waals surface area contributed by atoms with E-state index in [1.54, 1.807) is 0 Å². The second kappa shape index (κ2) is 3.59. The Morgan fingerprint density at radius 1 is 1.62 bits per heavy atom. The zero-order valence-electron chi connectivity index (χ0n) is 6.34. The van der Waals surface area contributed by atoms with Crippen LogP contribution in [0.3, 0.4) is 0 Å². The van der Waals surface area contributed by atoms with Gasteiger partial charge in [0.15, 0.2) is 5.69 Å². The largest absolute Gasteiger partial charge is 0.375 e. The van der Waals surface area contributed by atoms with Crippen molar-refractivity contribution >= 4 is 11.7 Å². The molecule has 0 bridgehead atoms. The molecule has 1 aromatic rings. The summed E-state index contributed by atoms with van der Waals surface area (Å²) in [5.74, 6) is 3.74. The highest BCUT2D eigenvalue weighted by Gasteiger charge is 2.10. The molecule has 1 aromatic heterocycles. The molecule has 7 nitrogen and oxygen atoms in total. The summed E-state index contributed by atoms with van der Waals surface area (Å²) in [7, 11) is 0. The zero-order chi connectivity index (χ0) is 9.84. The van der Waals surface area contributed by atoms with Gasteiger partial charge in [0.05, 0.1) is 4.92 Å². The molecule has 0 aromatic carbocycles. The fraction of sp³-hybridized carbons (Fsp3) is 0. The van der Waals surface area contributed by atoms with E-state index in [2.05, 4.69) is 15.7 Å². The summed E-state index contributed by atoms with van der Waals surface area (Å²) in [5.41, 5.74) is -0.276. The minimum atomic E-state index is -0.838. The lowest BCUT2D eigenvalue weighted by Crippen LogP contribution is -2.11. The molecule has 0 aliphatic heterocycles. The third-order valence-electron chi connectivity index (χ3n) is 1.27. The van der Waals surface area contributed by atoms with Crippen molar-refractivity contribution in [3.8, 4) is 0 Å². The molecule has 1 rings (SSSR count). The van der Waals surface area contributed by atoms with E-state index in [9.17, 15) is 14.9 Å². The van der Waals surface area contributed by atoms with E-state index < -0.39 is 10.9 Å². The van der Waals surface area contributed by atoms with Gasteiger partial charge < -0.3 is 4.84 Å². The number of rotatable bonds is 2. The molecule has 0 unspecified atom stereocenters. The van der Waals surface area contributed by atoms with Gasteiger partial charge in [-0.2, -0.15) is 5.90 Å². The van der Waals surface area contributed by atoms with Crippen molar-refractivity contribution in [3.63, 3.8) is 0 Å². The van der Waals surface area contributed by atoms with Crippen LogP contribution in [0.1, 0.15) is 10.5 Å². The molecule has 0 saturated heterocycles. The molecule has 2 N–H and O–H groups in total. The fourth-order valence-electron chi connectivity index (χ4n) is 0.675. The van der Waals surface area contributed by atoms with Crippen molar-refractivity contribution in [3.05, 3.63) is 34.1 Å². The maximum atomic E-state index is 10.7. The molecule has 13 heavy (non-hydrogen) atoms. The summed E-state index contributed by atoms with van der Waals surface area (Å²) >= 11 is 0. The summed E-state index contributed by atoms with van der Waals surface area (Å²) in [5, 5.41) is 10.2. The number of carbonyl (C=O) groups excluding carboxylic acids is 1. The average Bonchev–Trinajstić information content (AvgIpc) is 2.17. The highest BCUT2D eigenvalue weighted by molar-refractivity contribution is 5.86. The smallest absolute Gasteiger partial charge is 0.368 e. The summed E-state index contributed by atoms with van der Waals surface area (Å²) in [6, 6.07) is 2.30. The van der Waals surface area contributed by atoms with Crippen molar-refractivity contribution in [1.29, 1.82) is 0 Å². The van der Waals surface area contributed by atoms with Crippen LogP contribution in [0.2, 0.25) is 0 Å². The molecule has 7 heteroatoms. The molecule has 68 valence electrons. The van der Waals surface area contributed by atoms with Crippen molar-refractivity contribution in [1.82, 2.24) is 4.98 Å². The summed E-state index contributed by atoms with van der Waals surface area (Å²) < 4.78 is 0. The molecule has 0 saturated carbocycles. The lowest BCUT2D eigenvalue weighted by molar-refractivity contribution is -0.385. The molecule has 1 heterocycles. The number of nitrogens with two attached hydrogens (primary N) is 1. The zero-order valence-corrected chi connectivity index (χ0v) is 6.34. The van der Waals surface area contributed by atoms with Crippen LogP contribution in [-0.2, 0) is 4.84 Å². The quantitative estimate of drug-likeness (QED) is 0.511. The summed E-state index contributed by atoms with van der Waals surface area (Å²) in [4.78, 5) is 27.6. The number of hydrogen-bond acceptors (Lipinski definition) is 6. The summed E-state index contributed by atoms with van der Waals surface area (Å²) in [6.45, 7) is 0. The number of nitro groups is 1. The Bertz CT molecular complexity index is 334. The van der Waals surface area contributed by atoms with E-state index in [0.29, 0.717) is 0 Å². The van der Waals surface area contributed by atoms with Crippen LogP contribution in [0.4, 0.5) is 5.69 Å². The SMILES string of the molecule is NOC(=O)c1ccc([N+](=O)[O-])cn1. The van der Waals surface area contributed by atoms with Crippen molar-refractivity contribution in [2.24, 2.45) is 5.90 Å². The highest BCUT2D eigenvalue weighted by atomic mass is 16.7. The van der Waals surface area contributed by atoms with Gasteiger partial charge in [-0.15, -0.1) is 0 Å². The van der Waals surface area contributed by atoms with E-state index >= 15 is 0 Å². The Balaban J connectivity index is 2.93. The number of pyridine rings is 1. The van der Waals surface area contributed by atoms with Crippen molar-refractivity contribution in [2.75, 3.05) is 0 Å². The third kappa shape index (κ3) is 1.97. The third-order valence-corrected chi connectivity index (χ3v) is 1.27. The van der Waals surface area contributed by atoms with Gasteiger partial charge >= 0.3 is 5.97 Å². The van der Waals surface area contributed by atoms with E-state index in [1.807, 2.05) is 0 Å². The van der Waals surface area contributed by atoms with Crippen LogP contribution in [-0.4, -0.2) is 15.9 Å². The molecular formula is C6H5N3O4. The average molecular weight is 183 g/mol. The van der Waals surface area contributed by atoms with Crippen LogP contribution in [0.25, 0.3) is 0 Å². The predicted octanol–water partition coefficient (Wildman–Crippen LogP) is 0.0203. The van der Waals surface area contributed by atoms with Crippen LogP contribution in [0, 0.1) is 10.1 Å². The molecule has 0 radical (unpaired) electrons. The monoisotopic (exact) mass is 183 g/mol. The predicted molar refractivity (Wildman–Crippen MR) is 40.5 cm³/mol. The number of hydrogen-bond donors (Lipinski definition) is 1. The van der Waals surface area contributed by atoms with Gasteiger partial charge in [0, 0.05) is 6.07 Å². The number of aromatic nitrogens is 1. The topological polar surface area (TPSA) is 108 Å². The van der Waals surface area contributed by atoms with Gasteiger partial charge in [-0.25, -0.2) is 9.78 Å². The lowest BCUT2D eigenvalue weighted by Gasteiger charge is -1.95. The Kier molecular flexibility index (Phi) is 2.50. The molecule has 0 aliphatic carbocycles. The molecule has 0 spiro atoms.